The number of hydrogen-bond donors (Lipinski definition) is 0. The molecule has 0 rings (SSSR count). The van der Waals surface area contributed by atoms with Gasteiger partial charge in [-0.15, -0.1) is 0 Å². The van der Waals surface area contributed by atoms with E-state index in [9.17, 15) is 4.79 Å². The molecule has 0 fully saturated rings. The van der Waals surface area contributed by atoms with Gasteiger partial charge in [0, 0.05) is 5.57 Å². The summed E-state index contributed by atoms with van der Waals surface area (Å²) < 4.78 is 4.95. The van der Waals surface area contributed by atoms with Crippen molar-refractivity contribution in [2.24, 2.45) is 0 Å². The molecule has 0 saturated heterocycles. The molecule has 0 bridgehead atoms. The van der Waals surface area contributed by atoms with Crippen LogP contribution in [0.1, 0.15) is 34.1 Å². The molecule has 2 nitrogen and oxygen atoms in total. The maximum atomic E-state index is 11.2. The van der Waals surface area contributed by atoms with Crippen LogP contribution in [0, 0.1) is 0 Å². The topological polar surface area (TPSA) is 26.3 Å². The van der Waals surface area contributed by atoms with Crippen LogP contribution in [0.15, 0.2) is 23.3 Å². The molecule has 0 atom stereocenters. The number of ether oxygens (including phenoxy) is 1. The van der Waals surface area contributed by atoms with Crippen LogP contribution in [-0.2, 0) is 9.53 Å². The number of carbonyl (C=O) groups excluding carboxylic acids is 1. The van der Waals surface area contributed by atoms with Crippen LogP contribution in [0.5, 0.6) is 0 Å². The van der Waals surface area contributed by atoms with Gasteiger partial charge in [0.1, 0.15) is 0 Å². The number of esters is 1. The lowest BCUT2D eigenvalue weighted by Gasteiger charge is -2.01. The minimum absolute atomic E-state index is 0.223. The molecule has 0 aliphatic carbocycles. The molecule has 0 amide bonds. The molecular weight excluding hydrogens is 164 g/mol. The summed E-state index contributed by atoms with van der Waals surface area (Å²) >= 11 is 0. The van der Waals surface area contributed by atoms with E-state index >= 15 is 0 Å². The van der Waals surface area contributed by atoms with Crippen molar-refractivity contribution in [3.8, 4) is 0 Å². The van der Waals surface area contributed by atoms with Crippen LogP contribution in [0.25, 0.3) is 0 Å². The Bertz CT molecular complexity index is 220. The van der Waals surface area contributed by atoms with E-state index in [4.69, 9.17) is 4.74 Å². The molecule has 74 valence electrons. The fourth-order valence-corrected chi connectivity index (χ4v) is 0.668. The summed E-state index contributed by atoms with van der Waals surface area (Å²) in [6.45, 7) is 8.21. The first-order valence-corrected chi connectivity index (χ1v) is 4.56. The molecule has 0 aromatic rings. The number of rotatable bonds is 4. The third-order valence-corrected chi connectivity index (χ3v) is 1.43. The molecule has 0 aromatic carbocycles. The van der Waals surface area contributed by atoms with Crippen LogP contribution >= 0.6 is 0 Å². The zero-order chi connectivity index (χ0) is 10.3. The van der Waals surface area contributed by atoms with E-state index < -0.39 is 0 Å². The van der Waals surface area contributed by atoms with Crippen LogP contribution < -0.4 is 0 Å². The van der Waals surface area contributed by atoms with Crippen molar-refractivity contribution in [1.82, 2.24) is 0 Å². The second-order valence-electron chi connectivity index (χ2n) is 3.23. The fourth-order valence-electron chi connectivity index (χ4n) is 0.668. The average Bonchev–Trinajstić information content (AvgIpc) is 2.10. The first-order chi connectivity index (χ1) is 6.07. The van der Waals surface area contributed by atoms with Gasteiger partial charge in [-0.05, 0) is 27.2 Å². The Kier molecular flexibility index (Phi) is 5.94. The first kappa shape index (κ1) is 11.9. The van der Waals surface area contributed by atoms with Crippen molar-refractivity contribution in [1.29, 1.82) is 0 Å². The number of carbonyl (C=O) groups is 1. The second-order valence-corrected chi connectivity index (χ2v) is 3.23. The summed E-state index contributed by atoms with van der Waals surface area (Å²) in [5.41, 5.74) is 1.82. The minimum Gasteiger partial charge on any atom is -0.462 e. The third-order valence-electron chi connectivity index (χ3n) is 1.43. The smallest absolute Gasteiger partial charge is 0.333 e. The Morgan fingerprint density at radius 1 is 1.23 bits per heavy atom. The lowest BCUT2D eigenvalue weighted by molar-refractivity contribution is -0.138. The van der Waals surface area contributed by atoms with E-state index in [1.165, 1.54) is 5.57 Å². The Balaban J connectivity index is 4.09. The molecule has 0 aromatic heterocycles. The monoisotopic (exact) mass is 182 g/mol. The summed E-state index contributed by atoms with van der Waals surface area (Å²) in [5, 5.41) is 0. The number of hydrogen-bond acceptors (Lipinski definition) is 2. The van der Waals surface area contributed by atoms with Gasteiger partial charge in [-0.2, -0.15) is 0 Å². The van der Waals surface area contributed by atoms with E-state index in [0.29, 0.717) is 12.2 Å². The van der Waals surface area contributed by atoms with E-state index in [1.54, 1.807) is 13.0 Å². The molecule has 13 heavy (non-hydrogen) atoms. The second kappa shape index (κ2) is 6.46. The molecule has 0 aliphatic rings. The highest BCUT2D eigenvalue weighted by atomic mass is 16.5. The van der Waals surface area contributed by atoms with Crippen molar-refractivity contribution in [2.45, 2.75) is 34.1 Å². The van der Waals surface area contributed by atoms with Crippen molar-refractivity contribution in [2.75, 3.05) is 6.61 Å². The molecule has 0 radical (unpaired) electrons. The highest BCUT2D eigenvalue weighted by Gasteiger charge is 2.02. The predicted octanol–water partition coefficient (Wildman–Crippen LogP) is 2.85. The van der Waals surface area contributed by atoms with E-state index in [2.05, 4.69) is 0 Å². The van der Waals surface area contributed by atoms with Gasteiger partial charge in [0.15, 0.2) is 0 Å². The van der Waals surface area contributed by atoms with Gasteiger partial charge in [-0.25, -0.2) is 4.79 Å². The normalized spacial score (nSPS) is 10.9. The quantitative estimate of drug-likeness (QED) is 0.379. The van der Waals surface area contributed by atoms with E-state index in [0.717, 1.165) is 6.42 Å². The molecule has 0 heterocycles. The van der Waals surface area contributed by atoms with Crippen LogP contribution in [0.2, 0.25) is 0 Å². The molecule has 0 aliphatic heterocycles. The van der Waals surface area contributed by atoms with Crippen molar-refractivity contribution < 1.29 is 9.53 Å². The van der Waals surface area contributed by atoms with Gasteiger partial charge in [-0.3, -0.25) is 0 Å². The standard InChI is InChI=1S/C11H18O2/c1-5-8-13-11(12)10(4)7-6-9(2)3/h6-7H,5,8H2,1-4H3. The first-order valence-electron chi connectivity index (χ1n) is 4.56. The SMILES string of the molecule is CCCOC(=O)C(C)=CC=C(C)C. The molecule has 0 N–H and O–H groups in total. The lowest BCUT2D eigenvalue weighted by atomic mass is 10.2. The van der Waals surface area contributed by atoms with Gasteiger partial charge in [0.2, 0.25) is 0 Å². The zero-order valence-corrected chi connectivity index (χ0v) is 8.89. The van der Waals surface area contributed by atoms with Crippen LogP contribution in [0.4, 0.5) is 0 Å². The summed E-state index contributed by atoms with van der Waals surface area (Å²) in [6, 6.07) is 0. The number of allylic oxidation sites excluding steroid dienone is 3. The maximum Gasteiger partial charge on any atom is 0.333 e. The Morgan fingerprint density at radius 3 is 2.31 bits per heavy atom. The zero-order valence-electron chi connectivity index (χ0n) is 8.89. The van der Waals surface area contributed by atoms with Crippen LogP contribution in [0.3, 0.4) is 0 Å². The summed E-state index contributed by atoms with van der Waals surface area (Å²) in [5.74, 6) is -0.223. The van der Waals surface area contributed by atoms with Gasteiger partial charge in [0.25, 0.3) is 0 Å². The maximum absolute atomic E-state index is 11.2. The fraction of sp³-hybridized carbons (Fsp3) is 0.545. The average molecular weight is 182 g/mol. The molecule has 0 spiro atoms. The van der Waals surface area contributed by atoms with Gasteiger partial charge >= 0.3 is 5.97 Å². The summed E-state index contributed by atoms with van der Waals surface area (Å²) in [6.07, 6.45) is 4.55. The van der Waals surface area contributed by atoms with Crippen LogP contribution in [-0.4, -0.2) is 12.6 Å². The predicted molar refractivity (Wildman–Crippen MR) is 54.4 cm³/mol. The Morgan fingerprint density at radius 2 is 1.85 bits per heavy atom. The third kappa shape index (κ3) is 6.14. The van der Waals surface area contributed by atoms with Gasteiger partial charge < -0.3 is 4.74 Å². The highest BCUT2D eigenvalue weighted by molar-refractivity contribution is 5.88. The molecule has 0 saturated carbocycles. The largest absolute Gasteiger partial charge is 0.462 e. The van der Waals surface area contributed by atoms with E-state index in [-0.39, 0.29) is 5.97 Å². The lowest BCUT2D eigenvalue weighted by Crippen LogP contribution is -2.06. The molecule has 2 heteroatoms. The van der Waals surface area contributed by atoms with Crippen molar-refractivity contribution in [3.05, 3.63) is 23.3 Å². The Labute approximate surface area is 80.3 Å². The van der Waals surface area contributed by atoms with Gasteiger partial charge in [0.05, 0.1) is 6.61 Å². The minimum atomic E-state index is -0.223. The Hall–Kier alpha value is -1.05. The van der Waals surface area contributed by atoms with E-state index in [1.807, 2.05) is 26.8 Å². The van der Waals surface area contributed by atoms with Gasteiger partial charge in [-0.1, -0.05) is 24.6 Å². The summed E-state index contributed by atoms with van der Waals surface area (Å²) in [7, 11) is 0. The van der Waals surface area contributed by atoms with Crippen molar-refractivity contribution >= 4 is 5.97 Å². The highest BCUT2D eigenvalue weighted by Crippen LogP contribution is 1.99. The van der Waals surface area contributed by atoms with Crippen molar-refractivity contribution in [3.63, 3.8) is 0 Å². The molecular formula is C11H18O2. The summed E-state index contributed by atoms with van der Waals surface area (Å²) in [4.78, 5) is 11.2. The molecule has 0 unspecified atom stereocenters.